The van der Waals surface area contributed by atoms with Crippen molar-refractivity contribution in [3.8, 4) is 24.0 Å². The Balaban J connectivity index is 0.00000205. The van der Waals surface area contributed by atoms with Crippen LogP contribution in [0.3, 0.4) is 0 Å². The lowest BCUT2D eigenvalue weighted by Crippen LogP contribution is -2.41. The Kier molecular flexibility index (Phi) is 10.0. The Labute approximate surface area is 229 Å². The number of terminal acetylenes is 1. The molecule has 1 aromatic carbocycles. The van der Waals surface area contributed by atoms with Gasteiger partial charge in [0.1, 0.15) is 11.4 Å². The molecule has 9 nitrogen and oxygen atoms in total. The number of fused-ring (bicyclic) bond motifs is 1. The Morgan fingerprint density at radius 1 is 1.13 bits per heavy atom. The summed E-state index contributed by atoms with van der Waals surface area (Å²) in [5.41, 5.74) is 4.68. The molecule has 3 N–H and O–H groups in total. The number of pyridine rings is 1. The number of carbonyl (C=O) groups is 2. The van der Waals surface area contributed by atoms with Gasteiger partial charge in [0.2, 0.25) is 5.91 Å². The topological polar surface area (TPSA) is 111 Å². The molecule has 39 heavy (non-hydrogen) atoms. The van der Waals surface area contributed by atoms with Gasteiger partial charge in [0, 0.05) is 61.7 Å². The van der Waals surface area contributed by atoms with Crippen LogP contribution in [0.2, 0.25) is 0 Å². The standard InChI is InChI=1S/C28H33N5O4.C2H2/c1-5-20(25(34)6-2)23-16-30-27-21(23)14-19(15-29-27)18-7-8-24(22(13-18)28(36)32(3)4)31-26(35)17-33-9-11-37-12-10-33;1-2/h5-8,13-16,34H,9-12,17H2,1-4H3,(H,29,30)(H,31,35);1-2H/b20-5-,25-6+;. The van der Waals surface area contributed by atoms with Gasteiger partial charge in [-0.25, -0.2) is 4.98 Å². The summed E-state index contributed by atoms with van der Waals surface area (Å²) >= 11 is 0. The number of rotatable bonds is 7. The normalized spacial score (nSPS) is 14.4. The van der Waals surface area contributed by atoms with E-state index in [0.717, 1.165) is 22.1 Å². The van der Waals surface area contributed by atoms with E-state index in [1.54, 1.807) is 45.4 Å². The number of amides is 2. The molecular weight excluding hydrogens is 494 g/mol. The van der Waals surface area contributed by atoms with Crippen molar-refractivity contribution in [1.29, 1.82) is 0 Å². The zero-order valence-electron chi connectivity index (χ0n) is 22.8. The number of hydrogen-bond donors (Lipinski definition) is 3. The first-order chi connectivity index (χ1) is 18.8. The lowest BCUT2D eigenvalue weighted by Gasteiger charge is -2.26. The molecule has 9 heteroatoms. The first-order valence-corrected chi connectivity index (χ1v) is 12.6. The Hall–Kier alpha value is -4.39. The molecule has 1 saturated heterocycles. The van der Waals surface area contributed by atoms with Gasteiger partial charge in [0.25, 0.3) is 5.91 Å². The van der Waals surface area contributed by atoms with Crippen molar-refractivity contribution in [2.75, 3.05) is 52.3 Å². The lowest BCUT2D eigenvalue weighted by molar-refractivity contribution is -0.118. The van der Waals surface area contributed by atoms with Crippen LogP contribution in [0.4, 0.5) is 5.69 Å². The highest BCUT2D eigenvalue weighted by Gasteiger charge is 2.20. The second-order valence-corrected chi connectivity index (χ2v) is 9.10. The summed E-state index contributed by atoms with van der Waals surface area (Å²) in [7, 11) is 3.36. The molecule has 4 rings (SSSR count). The molecule has 3 heterocycles. The number of ether oxygens (including phenoxy) is 1. The van der Waals surface area contributed by atoms with E-state index in [4.69, 9.17) is 4.74 Å². The van der Waals surface area contributed by atoms with Crippen LogP contribution in [0.5, 0.6) is 0 Å². The minimum absolute atomic E-state index is 0.176. The lowest BCUT2D eigenvalue weighted by atomic mass is 9.99. The molecule has 1 fully saturated rings. The SMILES string of the molecule is C#C.C/C=C(\C(O)=C/C)c1c[nH]c2ncc(-c3ccc(NC(=O)CN4CCOCC4)c(C(=O)N(C)C)c3)cc12. The number of nitrogens with one attached hydrogen (secondary N) is 2. The number of aliphatic hydroxyl groups excluding tert-OH is 1. The number of morpholine rings is 1. The summed E-state index contributed by atoms with van der Waals surface area (Å²) in [6.07, 6.45) is 15.1. The van der Waals surface area contributed by atoms with Crippen LogP contribution in [-0.4, -0.2) is 83.6 Å². The van der Waals surface area contributed by atoms with Gasteiger partial charge in [-0.3, -0.25) is 14.5 Å². The van der Waals surface area contributed by atoms with Crippen LogP contribution >= 0.6 is 0 Å². The van der Waals surface area contributed by atoms with E-state index >= 15 is 0 Å². The van der Waals surface area contributed by atoms with Gasteiger partial charge in [-0.1, -0.05) is 12.1 Å². The van der Waals surface area contributed by atoms with E-state index in [-0.39, 0.29) is 24.1 Å². The third-order valence-electron chi connectivity index (χ3n) is 6.39. The van der Waals surface area contributed by atoms with Crippen LogP contribution in [0.15, 0.2) is 54.6 Å². The summed E-state index contributed by atoms with van der Waals surface area (Å²) in [6.45, 7) is 6.51. The number of aromatic nitrogens is 2. The third-order valence-corrected chi connectivity index (χ3v) is 6.39. The molecule has 0 aliphatic carbocycles. The summed E-state index contributed by atoms with van der Waals surface area (Å²) in [6, 6.07) is 7.39. The van der Waals surface area contributed by atoms with Gasteiger partial charge in [0.05, 0.1) is 31.0 Å². The number of benzene rings is 1. The average molecular weight is 530 g/mol. The molecule has 1 aliphatic heterocycles. The van der Waals surface area contributed by atoms with Gasteiger partial charge >= 0.3 is 0 Å². The zero-order valence-corrected chi connectivity index (χ0v) is 22.8. The quantitative estimate of drug-likeness (QED) is 0.239. The van der Waals surface area contributed by atoms with E-state index in [1.807, 2.05) is 36.2 Å². The number of allylic oxidation sites excluding steroid dienone is 3. The van der Waals surface area contributed by atoms with Crippen LogP contribution in [0, 0.1) is 12.8 Å². The fraction of sp³-hybridized carbons (Fsp3) is 0.300. The number of H-pyrrole nitrogens is 1. The number of anilines is 1. The van der Waals surface area contributed by atoms with Gasteiger partial charge in [0.15, 0.2) is 0 Å². The third kappa shape index (κ3) is 6.74. The van der Waals surface area contributed by atoms with Crippen molar-refractivity contribution in [2.24, 2.45) is 0 Å². The number of hydrogen-bond acceptors (Lipinski definition) is 6. The first kappa shape index (κ1) is 29.2. The van der Waals surface area contributed by atoms with Gasteiger partial charge < -0.3 is 25.0 Å². The zero-order chi connectivity index (χ0) is 28.5. The van der Waals surface area contributed by atoms with Crippen molar-refractivity contribution < 1.29 is 19.4 Å². The molecule has 0 unspecified atom stereocenters. The molecule has 2 amide bonds. The van der Waals surface area contributed by atoms with Crippen LogP contribution in [0.1, 0.15) is 29.8 Å². The summed E-state index contributed by atoms with van der Waals surface area (Å²) in [4.78, 5) is 37.0. The smallest absolute Gasteiger partial charge is 0.255 e. The van der Waals surface area contributed by atoms with Gasteiger partial charge in [-0.05, 0) is 43.7 Å². The summed E-state index contributed by atoms with van der Waals surface area (Å²) < 4.78 is 5.35. The predicted octanol–water partition coefficient (Wildman–Crippen LogP) is 4.32. The van der Waals surface area contributed by atoms with Crippen LogP contribution < -0.4 is 5.32 Å². The van der Waals surface area contributed by atoms with Crippen molar-refractivity contribution in [2.45, 2.75) is 13.8 Å². The Bertz CT molecular complexity index is 1410. The van der Waals surface area contributed by atoms with Gasteiger partial charge in [-0.2, -0.15) is 0 Å². The highest BCUT2D eigenvalue weighted by Crippen LogP contribution is 2.32. The van der Waals surface area contributed by atoms with E-state index in [1.165, 1.54) is 4.90 Å². The number of carbonyl (C=O) groups excluding carboxylic acids is 2. The van der Waals surface area contributed by atoms with Crippen molar-refractivity contribution in [3.05, 3.63) is 65.7 Å². The minimum atomic E-state index is -0.214. The average Bonchev–Trinajstić information content (AvgIpc) is 3.37. The number of aromatic amines is 1. The highest BCUT2D eigenvalue weighted by atomic mass is 16.5. The molecule has 0 saturated carbocycles. The van der Waals surface area contributed by atoms with E-state index in [2.05, 4.69) is 28.1 Å². The van der Waals surface area contributed by atoms with Crippen LogP contribution in [-0.2, 0) is 9.53 Å². The maximum atomic E-state index is 13.1. The van der Waals surface area contributed by atoms with E-state index < -0.39 is 0 Å². The maximum absolute atomic E-state index is 13.1. The Morgan fingerprint density at radius 3 is 2.49 bits per heavy atom. The van der Waals surface area contributed by atoms with Gasteiger partial charge in [-0.15, -0.1) is 12.8 Å². The van der Waals surface area contributed by atoms with E-state index in [0.29, 0.717) is 48.8 Å². The molecule has 1 aliphatic rings. The molecular formula is C30H35N5O4. The number of nitrogens with zero attached hydrogens (tertiary/aromatic N) is 3. The summed E-state index contributed by atoms with van der Waals surface area (Å²) in [5.74, 6) is -0.205. The Morgan fingerprint density at radius 2 is 1.85 bits per heavy atom. The number of aliphatic hydroxyl groups is 1. The summed E-state index contributed by atoms with van der Waals surface area (Å²) in [5, 5.41) is 14.1. The largest absolute Gasteiger partial charge is 0.508 e. The van der Waals surface area contributed by atoms with Crippen molar-refractivity contribution in [3.63, 3.8) is 0 Å². The second kappa shape index (κ2) is 13.4. The van der Waals surface area contributed by atoms with Crippen molar-refractivity contribution >= 4 is 34.1 Å². The minimum Gasteiger partial charge on any atom is -0.508 e. The molecule has 0 spiro atoms. The second-order valence-electron chi connectivity index (χ2n) is 9.10. The maximum Gasteiger partial charge on any atom is 0.255 e. The molecule has 3 aromatic rings. The first-order valence-electron chi connectivity index (χ1n) is 12.6. The fourth-order valence-electron chi connectivity index (χ4n) is 4.38. The van der Waals surface area contributed by atoms with Crippen LogP contribution in [0.25, 0.3) is 27.7 Å². The molecule has 0 radical (unpaired) electrons. The molecule has 0 bridgehead atoms. The monoisotopic (exact) mass is 529 g/mol. The predicted molar refractivity (Wildman–Crippen MR) is 155 cm³/mol. The molecule has 204 valence electrons. The molecule has 0 atom stereocenters. The van der Waals surface area contributed by atoms with E-state index in [9.17, 15) is 14.7 Å². The van der Waals surface area contributed by atoms with Crippen molar-refractivity contribution in [1.82, 2.24) is 19.8 Å². The highest BCUT2D eigenvalue weighted by molar-refractivity contribution is 6.05. The molecule has 2 aromatic heterocycles. The fourth-order valence-corrected chi connectivity index (χ4v) is 4.38.